The number of nitrogens with two attached hydrogens (primary N) is 1. The van der Waals surface area contributed by atoms with Crippen LogP contribution in [0.4, 0.5) is 5.69 Å². The zero-order chi connectivity index (χ0) is 25.6. The van der Waals surface area contributed by atoms with Gasteiger partial charge in [0.2, 0.25) is 5.91 Å². The minimum absolute atomic E-state index is 0.0505. The number of aliphatic hydroxyl groups excluding tert-OH is 1. The molecule has 0 bridgehead atoms. The predicted octanol–water partition coefficient (Wildman–Crippen LogP) is 1.77. The van der Waals surface area contributed by atoms with Crippen LogP contribution in [0.1, 0.15) is 47.7 Å². The summed E-state index contributed by atoms with van der Waals surface area (Å²) in [6.45, 7) is 2.64. The highest BCUT2D eigenvalue weighted by atomic mass is 16.3. The second-order valence-electron chi connectivity index (χ2n) is 8.28. The first-order valence-electron chi connectivity index (χ1n) is 11.7. The van der Waals surface area contributed by atoms with Crippen LogP contribution in [0.15, 0.2) is 48.5 Å². The van der Waals surface area contributed by atoms with Crippen LogP contribution >= 0.6 is 0 Å². The number of nitrogens with one attached hydrogen (secondary N) is 2. The molecule has 8 nitrogen and oxygen atoms in total. The third-order valence-electron chi connectivity index (χ3n) is 5.31. The van der Waals surface area contributed by atoms with Crippen molar-refractivity contribution in [3.8, 4) is 11.8 Å². The van der Waals surface area contributed by atoms with Crippen molar-refractivity contribution < 1.29 is 19.5 Å². The van der Waals surface area contributed by atoms with Crippen LogP contribution in [-0.2, 0) is 9.59 Å². The lowest BCUT2D eigenvalue weighted by atomic mass is 10.1. The molecule has 2 aromatic carbocycles. The van der Waals surface area contributed by atoms with Crippen molar-refractivity contribution in [2.45, 2.75) is 32.2 Å². The number of Topliss-reactive ketones (excluding diaryl/α,β-unsaturated/α-hetero) is 1. The van der Waals surface area contributed by atoms with E-state index in [9.17, 15) is 14.4 Å². The first-order chi connectivity index (χ1) is 16.9. The quantitative estimate of drug-likeness (QED) is 0.272. The first kappa shape index (κ1) is 27.7. The van der Waals surface area contributed by atoms with Gasteiger partial charge in [-0.25, -0.2) is 0 Å². The van der Waals surface area contributed by atoms with Crippen molar-refractivity contribution in [1.82, 2.24) is 10.2 Å². The third-order valence-corrected chi connectivity index (χ3v) is 5.31. The van der Waals surface area contributed by atoms with Gasteiger partial charge in [-0.05, 0) is 68.5 Å². The van der Waals surface area contributed by atoms with E-state index in [0.29, 0.717) is 23.4 Å². The van der Waals surface area contributed by atoms with Gasteiger partial charge in [-0.3, -0.25) is 19.3 Å². The van der Waals surface area contributed by atoms with Gasteiger partial charge < -0.3 is 21.5 Å². The Morgan fingerprint density at radius 2 is 1.60 bits per heavy atom. The summed E-state index contributed by atoms with van der Waals surface area (Å²) in [5.41, 5.74) is 8.05. The molecule has 2 aromatic rings. The molecule has 1 atom stereocenters. The Kier molecular flexibility index (Phi) is 11.6. The maximum Gasteiger partial charge on any atom is 0.251 e. The number of amides is 2. The van der Waals surface area contributed by atoms with Crippen LogP contribution in [0, 0.1) is 11.8 Å². The molecule has 0 heterocycles. The van der Waals surface area contributed by atoms with Gasteiger partial charge in [0.15, 0.2) is 5.78 Å². The van der Waals surface area contributed by atoms with E-state index in [1.165, 1.54) is 0 Å². The van der Waals surface area contributed by atoms with E-state index in [2.05, 4.69) is 29.4 Å². The van der Waals surface area contributed by atoms with Crippen molar-refractivity contribution in [3.05, 3.63) is 65.2 Å². The molecule has 186 valence electrons. The lowest BCUT2D eigenvalue weighted by Gasteiger charge is -2.15. The molecular formula is C27H34N4O4. The van der Waals surface area contributed by atoms with Crippen molar-refractivity contribution in [2.24, 2.45) is 5.73 Å². The summed E-state index contributed by atoms with van der Waals surface area (Å²) in [5.74, 6) is 5.05. The van der Waals surface area contributed by atoms with E-state index in [0.717, 1.165) is 31.4 Å². The van der Waals surface area contributed by atoms with Crippen molar-refractivity contribution in [1.29, 1.82) is 0 Å². The SMILES string of the molecule is CCCCCN(C)CC(=O)Nc1ccc(C#Cc2ccc(C(=O)N[C@@H](CN)C(=O)CO)cc2)cc1. The number of likely N-dealkylation sites (N-methyl/N-ethyl adjacent to an activating group) is 1. The Hall–Kier alpha value is -3.51. The Bertz CT molecular complexity index is 1040. The van der Waals surface area contributed by atoms with Gasteiger partial charge in [0.25, 0.3) is 5.91 Å². The summed E-state index contributed by atoms with van der Waals surface area (Å²) in [4.78, 5) is 38.1. The molecule has 0 spiro atoms. The second kappa shape index (κ2) is 14.7. The summed E-state index contributed by atoms with van der Waals surface area (Å²) in [6.07, 6.45) is 3.41. The number of carbonyl (C=O) groups is 3. The fourth-order valence-electron chi connectivity index (χ4n) is 3.27. The highest BCUT2D eigenvalue weighted by molar-refractivity contribution is 5.98. The highest BCUT2D eigenvalue weighted by Crippen LogP contribution is 2.10. The Balaban J connectivity index is 1.90. The first-order valence-corrected chi connectivity index (χ1v) is 11.7. The lowest BCUT2D eigenvalue weighted by molar-refractivity contribution is -0.123. The van der Waals surface area contributed by atoms with E-state index in [-0.39, 0.29) is 12.5 Å². The molecule has 2 rings (SSSR count). The standard InChI is InChI=1S/C27H34N4O4/c1-3-4-5-16-31(2)18-26(34)29-23-14-10-21(11-15-23)7-6-20-8-12-22(13-9-20)27(35)30-24(17-28)25(33)19-32/h8-15,24,32H,3-5,16-19,28H2,1-2H3,(H,29,34)(H,30,35)/t24-/m0/s1. The van der Waals surface area contributed by atoms with Gasteiger partial charge in [0, 0.05) is 28.9 Å². The minimum Gasteiger partial charge on any atom is -0.388 e. The van der Waals surface area contributed by atoms with Crippen LogP contribution in [0.3, 0.4) is 0 Å². The van der Waals surface area contributed by atoms with E-state index in [4.69, 9.17) is 10.8 Å². The molecule has 0 saturated carbocycles. The highest BCUT2D eigenvalue weighted by Gasteiger charge is 2.18. The number of rotatable bonds is 12. The maximum absolute atomic E-state index is 12.3. The van der Waals surface area contributed by atoms with Gasteiger partial charge in [-0.1, -0.05) is 31.6 Å². The number of unbranched alkanes of at least 4 members (excludes halogenated alkanes) is 2. The maximum atomic E-state index is 12.3. The minimum atomic E-state index is -0.925. The monoisotopic (exact) mass is 478 g/mol. The smallest absolute Gasteiger partial charge is 0.251 e. The van der Waals surface area contributed by atoms with Crippen LogP contribution in [-0.4, -0.2) is 66.9 Å². The zero-order valence-corrected chi connectivity index (χ0v) is 20.3. The largest absolute Gasteiger partial charge is 0.388 e. The molecule has 0 saturated heterocycles. The number of anilines is 1. The van der Waals surface area contributed by atoms with E-state index in [1.54, 1.807) is 24.3 Å². The summed E-state index contributed by atoms with van der Waals surface area (Å²) in [5, 5.41) is 14.3. The summed E-state index contributed by atoms with van der Waals surface area (Å²) >= 11 is 0. The molecule has 0 unspecified atom stereocenters. The van der Waals surface area contributed by atoms with Gasteiger partial charge in [0.1, 0.15) is 12.6 Å². The number of hydrogen-bond donors (Lipinski definition) is 4. The summed E-state index contributed by atoms with van der Waals surface area (Å²) in [7, 11) is 1.95. The zero-order valence-electron chi connectivity index (χ0n) is 20.3. The number of hydrogen-bond acceptors (Lipinski definition) is 6. The number of benzene rings is 2. The van der Waals surface area contributed by atoms with Crippen molar-refractivity contribution >= 4 is 23.3 Å². The summed E-state index contributed by atoms with van der Waals surface area (Å²) < 4.78 is 0. The van der Waals surface area contributed by atoms with E-state index < -0.39 is 24.3 Å². The number of nitrogens with zero attached hydrogens (tertiary/aromatic N) is 1. The van der Waals surface area contributed by atoms with Crippen molar-refractivity contribution in [2.75, 3.05) is 38.6 Å². The van der Waals surface area contributed by atoms with Gasteiger partial charge in [-0.15, -0.1) is 0 Å². The Labute approximate surface area is 206 Å². The fourth-order valence-corrected chi connectivity index (χ4v) is 3.27. The molecule has 0 aliphatic heterocycles. The predicted molar refractivity (Wildman–Crippen MR) is 137 cm³/mol. The van der Waals surface area contributed by atoms with Crippen molar-refractivity contribution in [3.63, 3.8) is 0 Å². The van der Waals surface area contributed by atoms with E-state index in [1.807, 2.05) is 36.2 Å². The topological polar surface area (TPSA) is 125 Å². The molecule has 35 heavy (non-hydrogen) atoms. The molecule has 0 aliphatic rings. The Morgan fingerprint density at radius 1 is 1.00 bits per heavy atom. The number of ketones is 1. The molecular weight excluding hydrogens is 444 g/mol. The number of aliphatic hydroxyl groups is 1. The molecule has 0 fully saturated rings. The van der Waals surface area contributed by atoms with Gasteiger partial charge in [0.05, 0.1) is 6.54 Å². The van der Waals surface area contributed by atoms with Gasteiger partial charge >= 0.3 is 0 Å². The average Bonchev–Trinajstić information content (AvgIpc) is 2.86. The molecule has 0 aliphatic carbocycles. The molecule has 8 heteroatoms. The molecule has 2 amide bonds. The van der Waals surface area contributed by atoms with Crippen LogP contribution < -0.4 is 16.4 Å². The van der Waals surface area contributed by atoms with E-state index >= 15 is 0 Å². The van der Waals surface area contributed by atoms with Crippen LogP contribution in [0.5, 0.6) is 0 Å². The average molecular weight is 479 g/mol. The van der Waals surface area contributed by atoms with Crippen LogP contribution in [0.25, 0.3) is 0 Å². The molecule has 0 aromatic heterocycles. The molecule has 0 radical (unpaired) electrons. The van der Waals surface area contributed by atoms with Crippen LogP contribution in [0.2, 0.25) is 0 Å². The summed E-state index contributed by atoms with van der Waals surface area (Å²) in [6, 6.07) is 13.0. The Morgan fingerprint density at radius 3 is 2.14 bits per heavy atom. The lowest BCUT2D eigenvalue weighted by Crippen LogP contribution is -2.46. The third kappa shape index (κ3) is 9.71. The molecule has 5 N–H and O–H groups in total. The fraction of sp³-hybridized carbons (Fsp3) is 0.370. The number of carbonyl (C=O) groups excluding carboxylic acids is 3. The van der Waals surface area contributed by atoms with Gasteiger partial charge in [-0.2, -0.15) is 0 Å². The second-order valence-corrected chi connectivity index (χ2v) is 8.28. The normalized spacial score (nSPS) is 11.3.